The summed E-state index contributed by atoms with van der Waals surface area (Å²) >= 11 is 0. The van der Waals surface area contributed by atoms with Crippen molar-refractivity contribution >= 4 is 11.8 Å². The molecule has 2 aliphatic rings. The van der Waals surface area contributed by atoms with E-state index in [9.17, 15) is 9.59 Å². The summed E-state index contributed by atoms with van der Waals surface area (Å²) in [7, 11) is 0. The lowest BCUT2D eigenvalue weighted by molar-refractivity contribution is -0.133. The maximum Gasteiger partial charge on any atom is 0.273 e. The van der Waals surface area contributed by atoms with E-state index in [1.165, 1.54) is 0 Å². The van der Waals surface area contributed by atoms with Crippen LogP contribution in [-0.2, 0) is 4.79 Å². The van der Waals surface area contributed by atoms with Crippen LogP contribution in [0, 0.1) is 11.8 Å². The van der Waals surface area contributed by atoms with Crippen molar-refractivity contribution in [2.45, 2.75) is 51.9 Å². The first-order valence-corrected chi connectivity index (χ1v) is 9.05. The number of nitrogens with zero attached hydrogens (tertiary/aromatic N) is 2. The van der Waals surface area contributed by atoms with Crippen LogP contribution in [0.1, 0.15) is 68.1 Å². The molecule has 6 heteroatoms. The second-order valence-electron chi connectivity index (χ2n) is 7.52. The highest BCUT2D eigenvalue weighted by molar-refractivity contribution is 5.92. The molecule has 0 aromatic carbocycles. The highest BCUT2D eigenvalue weighted by atomic mass is 16.5. The molecule has 1 aromatic rings. The standard InChI is InChI=1S/C18H27N3O3/c1-12(2)9-17(22)21-7-5-13(6-8-21)11-19-18(23)15-10-16(24-20-15)14-3-4-14/h10,12-14H,3-9,11H2,1-2H3,(H,19,23). The molecule has 24 heavy (non-hydrogen) atoms. The van der Waals surface area contributed by atoms with Crippen LogP contribution in [0.25, 0.3) is 0 Å². The fourth-order valence-electron chi connectivity index (χ4n) is 3.15. The monoisotopic (exact) mass is 333 g/mol. The van der Waals surface area contributed by atoms with E-state index in [1.807, 2.05) is 4.90 Å². The summed E-state index contributed by atoms with van der Waals surface area (Å²) in [5.74, 6) is 2.21. The molecule has 2 heterocycles. The van der Waals surface area contributed by atoms with Crippen LogP contribution < -0.4 is 5.32 Å². The summed E-state index contributed by atoms with van der Waals surface area (Å²) in [6, 6.07) is 1.76. The molecule has 1 N–H and O–H groups in total. The Kier molecular flexibility index (Phi) is 5.21. The minimum absolute atomic E-state index is 0.163. The Morgan fingerprint density at radius 2 is 2.00 bits per heavy atom. The van der Waals surface area contributed by atoms with Crippen molar-refractivity contribution in [3.05, 3.63) is 17.5 Å². The van der Waals surface area contributed by atoms with Gasteiger partial charge in [0.1, 0.15) is 5.76 Å². The molecule has 1 aromatic heterocycles. The molecule has 0 radical (unpaired) electrons. The van der Waals surface area contributed by atoms with Gasteiger partial charge in [0, 0.05) is 38.0 Å². The lowest BCUT2D eigenvalue weighted by Crippen LogP contribution is -2.41. The van der Waals surface area contributed by atoms with Crippen LogP contribution in [0.2, 0.25) is 0 Å². The second kappa shape index (κ2) is 7.36. The first-order valence-electron chi connectivity index (χ1n) is 9.05. The topological polar surface area (TPSA) is 75.4 Å². The van der Waals surface area contributed by atoms with Gasteiger partial charge in [0.25, 0.3) is 5.91 Å². The number of nitrogens with one attached hydrogen (secondary N) is 1. The van der Waals surface area contributed by atoms with Crippen molar-refractivity contribution in [1.82, 2.24) is 15.4 Å². The SMILES string of the molecule is CC(C)CC(=O)N1CCC(CNC(=O)c2cc(C3CC3)on2)CC1. The Morgan fingerprint density at radius 3 is 2.62 bits per heavy atom. The second-order valence-corrected chi connectivity index (χ2v) is 7.52. The molecule has 3 rings (SSSR count). The maximum absolute atomic E-state index is 12.1. The summed E-state index contributed by atoms with van der Waals surface area (Å²) in [4.78, 5) is 26.2. The van der Waals surface area contributed by atoms with Gasteiger partial charge in [0.05, 0.1) is 0 Å². The zero-order valence-electron chi connectivity index (χ0n) is 14.6. The zero-order valence-corrected chi connectivity index (χ0v) is 14.6. The summed E-state index contributed by atoms with van der Waals surface area (Å²) < 4.78 is 5.22. The number of rotatable bonds is 6. The molecule has 2 fully saturated rings. The highest BCUT2D eigenvalue weighted by Gasteiger charge is 2.29. The van der Waals surface area contributed by atoms with Gasteiger partial charge < -0.3 is 14.7 Å². The molecule has 1 aliphatic carbocycles. The van der Waals surface area contributed by atoms with Gasteiger partial charge in [-0.25, -0.2) is 0 Å². The number of aromatic nitrogens is 1. The minimum atomic E-state index is -0.163. The average molecular weight is 333 g/mol. The summed E-state index contributed by atoms with van der Waals surface area (Å²) in [5.41, 5.74) is 0.376. The summed E-state index contributed by atoms with van der Waals surface area (Å²) in [6.45, 7) is 6.36. The fraction of sp³-hybridized carbons (Fsp3) is 0.722. The van der Waals surface area contributed by atoms with E-state index in [1.54, 1.807) is 6.07 Å². The van der Waals surface area contributed by atoms with Gasteiger partial charge in [-0.2, -0.15) is 0 Å². The van der Waals surface area contributed by atoms with E-state index >= 15 is 0 Å². The van der Waals surface area contributed by atoms with Gasteiger partial charge in [-0.3, -0.25) is 9.59 Å². The quantitative estimate of drug-likeness (QED) is 0.868. The van der Waals surface area contributed by atoms with Crippen molar-refractivity contribution in [3.63, 3.8) is 0 Å². The molecule has 6 nitrogen and oxygen atoms in total. The van der Waals surface area contributed by atoms with Gasteiger partial charge in [-0.15, -0.1) is 0 Å². The highest BCUT2D eigenvalue weighted by Crippen LogP contribution is 2.40. The number of carbonyl (C=O) groups excluding carboxylic acids is 2. The first-order chi connectivity index (χ1) is 11.5. The number of likely N-dealkylation sites (tertiary alicyclic amines) is 1. The number of hydrogen-bond acceptors (Lipinski definition) is 4. The van der Waals surface area contributed by atoms with Crippen LogP contribution >= 0.6 is 0 Å². The maximum atomic E-state index is 12.1. The van der Waals surface area contributed by atoms with E-state index in [-0.39, 0.29) is 11.8 Å². The molecule has 1 saturated heterocycles. The van der Waals surface area contributed by atoms with Crippen molar-refractivity contribution in [2.24, 2.45) is 11.8 Å². The molecular formula is C18H27N3O3. The first kappa shape index (κ1) is 17.0. The minimum Gasteiger partial charge on any atom is -0.360 e. The molecule has 0 unspecified atom stereocenters. The molecule has 1 aliphatic heterocycles. The van der Waals surface area contributed by atoms with Crippen LogP contribution in [0.3, 0.4) is 0 Å². The lowest BCUT2D eigenvalue weighted by Gasteiger charge is -2.32. The van der Waals surface area contributed by atoms with Crippen molar-refractivity contribution in [1.29, 1.82) is 0 Å². The van der Waals surface area contributed by atoms with Gasteiger partial charge >= 0.3 is 0 Å². The number of hydrogen-bond donors (Lipinski definition) is 1. The Morgan fingerprint density at radius 1 is 1.29 bits per heavy atom. The van der Waals surface area contributed by atoms with Gasteiger partial charge in [-0.05, 0) is 37.5 Å². The molecule has 132 valence electrons. The van der Waals surface area contributed by atoms with Crippen LogP contribution in [0.4, 0.5) is 0 Å². The Hall–Kier alpha value is -1.85. The molecule has 0 spiro atoms. The van der Waals surface area contributed by atoms with E-state index in [2.05, 4.69) is 24.3 Å². The van der Waals surface area contributed by atoms with Gasteiger partial charge in [-0.1, -0.05) is 19.0 Å². The Balaban J connectivity index is 1.39. The predicted octanol–water partition coefficient (Wildman–Crippen LogP) is 2.57. The van der Waals surface area contributed by atoms with Crippen molar-refractivity contribution < 1.29 is 14.1 Å². The number of amides is 2. The largest absolute Gasteiger partial charge is 0.360 e. The molecule has 0 bridgehead atoms. The average Bonchev–Trinajstić information content (AvgIpc) is 3.29. The van der Waals surface area contributed by atoms with E-state index < -0.39 is 0 Å². The third kappa shape index (κ3) is 4.36. The third-order valence-corrected chi connectivity index (χ3v) is 4.84. The fourth-order valence-corrected chi connectivity index (χ4v) is 3.15. The zero-order chi connectivity index (χ0) is 17.1. The normalized spacial score (nSPS) is 18.9. The van der Waals surface area contributed by atoms with E-state index in [4.69, 9.17) is 4.52 Å². The van der Waals surface area contributed by atoms with Crippen molar-refractivity contribution in [3.8, 4) is 0 Å². The molecule has 1 saturated carbocycles. The van der Waals surface area contributed by atoms with Crippen LogP contribution in [0.15, 0.2) is 10.6 Å². The number of piperidine rings is 1. The molecule has 0 atom stereocenters. The summed E-state index contributed by atoms with van der Waals surface area (Å²) in [6.07, 6.45) is 4.76. The van der Waals surface area contributed by atoms with Crippen molar-refractivity contribution in [2.75, 3.05) is 19.6 Å². The lowest BCUT2D eigenvalue weighted by atomic mass is 9.96. The van der Waals surface area contributed by atoms with Gasteiger partial charge in [0.15, 0.2) is 5.69 Å². The predicted molar refractivity (Wildman–Crippen MR) is 89.6 cm³/mol. The number of carbonyl (C=O) groups is 2. The van der Waals surface area contributed by atoms with E-state index in [0.717, 1.165) is 44.5 Å². The van der Waals surface area contributed by atoms with Crippen LogP contribution in [0.5, 0.6) is 0 Å². The Labute approximate surface area is 142 Å². The molecular weight excluding hydrogens is 306 g/mol. The van der Waals surface area contributed by atoms with Crippen LogP contribution in [-0.4, -0.2) is 41.5 Å². The molecule has 2 amide bonds. The smallest absolute Gasteiger partial charge is 0.273 e. The third-order valence-electron chi connectivity index (χ3n) is 4.84. The van der Waals surface area contributed by atoms with E-state index in [0.29, 0.717) is 36.4 Å². The summed E-state index contributed by atoms with van der Waals surface area (Å²) in [5, 5.41) is 6.82. The Bertz CT molecular complexity index is 584. The van der Waals surface area contributed by atoms with Gasteiger partial charge in [0.2, 0.25) is 5.91 Å².